The second kappa shape index (κ2) is 8.64. The van der Waals surface area contributed by atoms with Crippen LogP contribution in [0.1, 0.15) is 19.4 Å². The van der Waals surface area contributed by atoms with Crippen LogP contribution in [0.3, 0.4) is 0 Å². The van der Waals surface area contributed by atoms with Gasteiger partial charge in [-0.15, -0.1) is 0 Å². The summed E-state index contributed by atoms with van der Waals surface area (Å²) in [5.41, 5.74) is 1.13. The van der Waals surface area contributed by atoms with Crippen LogP contribution in [0.2, 0.25) is 0 Å². The molecule has 0 saturated heterocycles. The third-order valence-corrected chi connectivity index (χ3v) is 3.67. The van der Waals surface area contributed by atoms with Gasteiger partial charge in [-0.05, 0) is 62.5 Å². The monoisotopic (exact) mass is 406 g/mol. The molecule has 0 aliphatic rings. The molecule has 0 fully saturated rings. The van der Waals surface area contributed by atoms with Crippen LogP contribution >= 0.6 is 31.9 Å². The first-order valence-electron chi connectivity index (χ1n) is 6.46. The zero-order chi connectivity index (χ0) is 15.1. The van der Waals surface area contributed by atoms with Crippen LogP contribution in [-0.2, 0) is 11.3 Å². The van der Waals surface area contributed by atoms with Crippen LogP contribution in [-0.4, -0.2) is 26.1 Å². The maximum absolute atomic E-state index is 11.6. The van der Waals surface area contributed by atoms with Gasteiger partial charge in [-0.1, -0.05) is 13.8 Å². The van der Waals surface area contributed by atoms with E-state index in [9.17, 15) is 4.79 Å². The highest BCUT2D eigenvalue weighted by Gasteiger charge is 2.11. The third-order valence-electron chi connectivity index (χ3n) is 2.49. The maximum Gasteiger partial charge on any atom is 0.257 e. The van der Waals surface area contributed by atoms with Crippen LogP contribution in [0, 0.1) is 5.92 Å². The van der Waals surface area contributed by atoms with Crippen molar-refractivity contribution in [2.45, 2.75) is 20.4 Å². The predicted molar refractivity (Wildman–Crippen MR) is 87.9 cm³/mol. The van der Waals surface area contributed by atoms with Gasteiger partial charge in [-0.2, -0.15) is 0 Å². The van der Waals surface area contributed by atoms with Gasteiger partial charge < -0.3 is 15.4 Å². The molecular weight excluding hydrogens is 388 g/mol. The molecule has 1 amide bonds. The Morgan fingerprint density at radius 1 is 1.30 bits per heavy atom. The van der Waals surface area contributed by atoms with Crippen molar-refractivity contribution in [3.05, 3.63) is 26.6 Å². The first-order chi connectivity index (χ1) is 9.43. The first kappa shape index (κ1) is 17.5. The summed E-state index contributed by atoms with van der Waals surface area (Å²) in [4.78, 5) is 11.6. The largest absolute Gasteiger partial charge is 0.481 e. The van der Waals surface area contributed by atoms with E-state index in [-0.39, 0.29) is 12.5 Å². The molecule has 0 aromatic heterocycles. The van der Waals surface area contributed by atoms with Gasteiger partial charge in [0.15, 0.2) is 6.61 Å². The summed E-state index contributed by atoms with van der Waals surface area (Å²) in [7, 11) is 1.89. The Balaban J connectivity index is 2.62. The van der Waals surface area contributed by atoms with Gasteiger partial charge in [0.1, 0.15) is 5.75 Å². The highest BCUT2D eigenvalue weighted by Crippen LogP contribution is 2.34. The second-order valence-electron chi connectivity index (χ2n) is 4.91. The molecule has 0 unspecified atom stereocenters. The number of nitrogens with one attached hydrogen (secondary N) is 2. The first-order valence-corrected chi connectivity index (χ1v) is 8.04. The predicted octanol–water partition coefficient (Wildman–Crippen LogP) is 3.08. The number of rotatable bonds is 7. The van der Waals surface area contributed by atoms with Crippen LogP contribution in [0.25, 0.3) is 0 Å². The molecule has 0 aliphatic heterocycles. The quantitative estimate of drug-likeness (QED) is 0.730. The van der Waals surface area contributed by atoms with E-state index in [4.69, 9.17) is 4.74 Å². The fraction of sp³-hybridized carbons (Fsp3) is 0.500. The molecule has 0 radical (unpaired) electrons. The van der Waals surface area contributed by atoms with Crippen molar-refractivity contribution in [1.82, 2.24) is 10.6 Å². The SMILES string of the molecule is CNCc1cc(Br)c(OCC(=O)NCC(C)C)c(Br)c1. The molecule has 6 heteroatoms. The van der Waals surface area contributed by atoms with Gasteiger partial charge in [0.25, 0.3) is 5.91 Å². The Kier molecular flexibility index (Phi) is 7.55. The van der Waals surface area contributed by atoms with Crippen LogP contribution in [0.5, 0.6) is 5.75 Å². The third kappa shape index (κ3) is 5.81. The molecule has 0 heterocycles. The number of ether oxygens (including phenoxy) is 1. The lowest BCUT2D eigenvalue weighted by Gasteiger charge is -2.13. The van der Waals surface area contributed by atoms with Crippen molar-refractivity contribution in [2.24, 2.45) is 5.92 Å². The Labute approximate surface area is 136 Å². The van der Waals surface area contributed by atoms with Gasteiger partial charge in [-0.25, -0.2) is 0 Å². The van der Waals surface area contributed by atoms with Crippen molar-refractivity contribution in [3.8, 4) is 5.75 Å². The van der Waals surface area contributed by atoms with E-state index in [1.165, 1.54) is 0 Å². The molecule has 112 valence electrons. The fourth-order valence-electron chi connectivity index (χ4n) is 1.56. The summed E-state index contributed by atoms with van der Waals surface area (Å²) < 4.78 is 7.22. The van der Waals surface area contributed by atoms with Crippen LogP contribution < -0.4 is 15.4 Å². The minimum atomic E-state index is -0.114. The number of halogens is 2. The summed E-state index contributed by atoms with van der Waals surface area (Å²) in [5, 5.41) is 5.91. The molecule has 0 saturated carbocycles. The van der Waals surface area contributed by atoms with Crippen molar-refractivity contribution < 1.29 is 9.53 Å². The number of amides is 1. The minimum Gasteiger partial charge on any atom is -0.481 e. The van der Waals surface area contributed by atoms with E-state index in [0.29, 0.717) is 18.2 Å². The average Bonchev–Trinajstić information content (AvgIpc) is 2.35. The summed E-state index contributed by atoms with van der Waals surface area (Å²) in [5.74, 6) is 0.958. The minimum absolute atomic E-state index is 0.00922. The van der Waals surface area contributed by atoms with E-state index >= 15 is 0 Å². The summed E-state index contributed by atoms with van der Waals surface area (Å²) in [6.07, 6.45) is 0. The molecular formula is C14H20Br2N2O2. The van der Waals surface area contributed by atoms with E-state index in [0.717, 1.165) is 21.1 Å². The van der Waals surface area contributed by atoms with E-state index in [1.807, 2.05) is 19.2 Å². The van der Waals surface area contributed by atoms with Crippen molar-refractivity contribution in [1.29, 1.82) is 0 Å². The van der Waals surface area contributed by atoms with Crippen molar-refractivity contribution in [2.75, 3.05) is 20.2 Å². The molecule has 4 nitrogen and oxygen atoms in total. The Morgan fingerprint density at radius 3 is 2.40 bits per heavy atom. The van der Waals surface area contributed by atoms with Gasteiger partial charge >= 0.3 is 0 Å². The molecule has 0 spiro atoms. The average molecular weight is 408 g/mol. The number of benzene rings is 1. The summed E-state index contributed by atoms with van der Waals surface area (Å²) in [6, 6.07) is 3.95. The van der Waals surface area contributed by atoms with Crippen molar-refractivity contribution in [3.63, 3.8) is 0 Å². The number of carbonyl (C=O) groups excluding carboxylic acids is 1. The van der Waals surface area contributed by atoms with Gasteiger partial charge in [-0.3, -0.25) is 4.79 Å². The normalized spacial score (nSPS) is 10.7. The van der Waals surface area contributed by atoms with E-state index < -0.39 is 0 Å². The van der Waals surface area contributed by atoms with E-state index in [2.05, 4.69) is 56.3 Å². The maximum atomic E-state index is 11.6. The van der Waals surface area contributed by atoms with Crippen LogP contribution in [0.15, 0.2) is 21.1 Å². The van der Waals surface area contributed by atoms with Crippen molar-refractivity contribution >= 4 is 37.8 Å². The molecule has 0 bridgehead atoms. The van der Waals surface area contributed by atoms with Crippen LogP contribution in [0.4, 0.5) is 0 Å². The Bertz CT molecular complexity index is 441. The van der Waals surface area contributed by atoms with Gasteiger partial charge in [0.05, 0.1) is 8.95 Å². The Hall–Kier alpha value is -0.590. The number of hydrogen-bond donors (Lipinski definition) is 2. The Morgan fingerprint density at radius 2 is 1.90 bits per heavy atom. The lowest BCUT2D eigenvalue weighted by molar-refractivity contribution is -0.123. The van der Waals surface area contributed by atoms with E-state index in [1.54, 1.807) is 0 Å². The lowest BCUT2D eigenvalue weighted by Crippen LogP contribution is -2.31. The highest BCUT2D eigenvalue weighted by atomic mass is 79.9. The molecule has 1 rings (SSSR count). The zero-order valence-electron chi connectivity index (χ0n) is 11.9. The zero-order valence-corrected chi connectivity index (χ0v) is 15.1. The molecule has 20 heavy (non-hydrogen) atoms. The second-order valence-corrected chi connectivity index (χ2v) is 6.61. The van der Waals surface area contributed by atoms with Gasteiger partial charge in [0.2, 0.25) is 0 Å². The molecule has 1 aromatic carbocycles. The number of carbonyl (C=O) groups is 1. The smallest absolute Gasteiger partial charge is 0.257 e. The molecule has 1 aromatic rings. The van der Waals surface area contributed by atoms with Gasteiger partial charge in [0, 0.05) is 13.1 Å². The lowest BCUT2D eigenvalue weighted by atomic mass is 10.2. The number of hydrogen-bond acceptors (Lipinski definition) is 3. The fourth-order valence-corrected chi connectivity index (χ4v) is 3.07. The topological polar surface area (TPSA) is 50.4 Å². The molecule has 0 aliphatic carbocycles. The summed E-state index contributed by atoms with van der Waals surface area (Å²) >= 11 is 6.93. The summed E-state index contributed by atoms with van der Waals surface area (Å²) in [6.45, 7) is 5.54. The standard InChI is InChI=1S/C14H20Br2N2O2/c1-9(2)6-18-13(19)8-20-14-11(15)4-10(7-17-3)5-12(14)16/h4-5,9,17H,6-8H2,1-3H3,(H,18,19). The highest BCUT2D eigenvalue weighted by molar-refractivity contribution is 9.11. The molecule has 2 N–H and O–H groups in total. The molecule has 0 atom stereocenters.